The second kappa shape index (κ2) is 5.66. The Balaban J connectivity index is 1.75. The molecule has 2 fully saturated rings. The van der Waals surface area contributed by atoms with E-state index < -0.39 is 5.85 Å². The van der Waals surface area contributed by atoms with Crippen LogP contribution in [0.25, 0.3) is 0 Å². The first-order valence-electron chi connectivity index (χ1n) is 7.79. The topological polar surface area (TPSA) is 34.2 Å². The van der Waals surface area contributed by atoms with E-state index in [1.165, 1.54) is 11.1 Å². The third-order valence-electron chi connectivity index (χ3n) is 4.68. The molecule has 0 radical (unpaired) electrons. The van der Waals surface area contributed by atoms with Gasteiger partial charge in [-0.2, -0.15) is 0 Å². The van der Waals surface area contributed by atoms with Gasteiger partial charge in [-0.3, -0.25) is 9.80 Å². The van der Waals surface area contributed by atoms with E-state index in [0.717, 1.165) is 52.6 Å². The van der Waals surface area contributed by atoms with Crippen molar-refractivity contribution in [3.63, 3.8) is 0 Å². The summed E-state index contributed by atoms with van der Waals surface area (Å²) < 4.78 is 17.5. The summed E-state index contributed by atoms with van der Waals surface area (Å²) in [5.74, 6) is -0.426. The zero-order valence-electron chi connectivity index (χ0n) is 12.3. The lowest BCUT2D eigenvalue weighted by Gasteiger charge is -2.50. The number of hydrogen-bond acceptors (Lipinski definition) is 5. The number of rotatable bonds is 2. The Morgan fingerprint density at radius 1 is 0.810 bits per heavy atom. The summed E-state index contributed by atoms with van der Waals surface area (Å²) in [7, 11) is 0. The van der Waals surface area contributed by atoms with E-state index in [1.54, 1.807) is 0 Å². The fraction of sp³-hybridized carbons (Fsp3) is 0.625. The molecule has 1 aromatic rings. The maximum atomic E-state index is 6.43. The highest BCUT2D eigenvalue weighted by Crippen LogP contribution is 2.42. The van der Waals surface area contributed by atoms with Crippen LogP contribution in [0.1, 0.15) is 11.1 Å². The average molecular weight is 290 g/mol. The van der Waals surface area contributed by atoms with E-state index in [9.17, 15) is 0 Å². The predicted octanol–water partition coefficient (Wildman–Crippen LogP) is 0.992. The van der Waals surface area contributed by atoms with E-state index in [0.29, 0.717) is 6.61 Å². The van der Waals surface area contributed by atoms with Crippen molar-refractivity contribution in [1.82, 2.24) is 9.80 Å². The van der Waals surface area contributed by atoms with Gasteiger partial charge in [-0.05, 0) is 5.56 Å². The first kappa shape index (κ1) is 13.7. The highest BCUT2D eigenvalue weighted by atomic mass is 16.5. The Bertz CT molecular complexity index is 478. The molecular weight excluding hydrogens is 268 g/mol. The summed E-state index contributed by atoms with van der Waals surface area (Å²) in [4.78, 5) is 4.88. The van der Waals surface area contributed by atoms with Crippen LogP contribution >= 0.6 is 0 Å². The van der Waals surface area contributed by atoms with Crippen molar-refractivity contribution in [3.8, 4) is 0 Å². The molecule has 4 rings (SSSR count). The first-order valence-corrected chi connectivity index (χ1v) is 7.79. The van der Waals surface area contributed by atoms with Gasteiger partial charge in [0.25, 0.3) is 0 Å². The van der Waals surface area contributed by atoms with Crippen LogP contribution in [0.3, 0.4) is 0 Å². The molecular formula is C16H22N2O3. The van der Waals surface area contributed by atoms with Crippen molar-refractivity contribution >= 4 is 0 Å². The van der Waals surface area contributed by atoms with Gasteiger partial charge in [-0.25, -0.2) is 0 Å². The van der Waals surface area contributed by atoms with Gasteiger partial charge >= 0.3 is 0 Å². The number of morpholine rings is 2. The molecule has 2 saturated heterocycles. The lowest BCUT2D eigenvalue weighted by atomic mass is 10.0. The molecule has 1 aromatic carbocycles. The Labute approximate surface area is 125 Å². The average Bonchev–Trinajstić information content (AvgIpc) is 2.97. The second-order valence-corrected chi connectivity index (χ2v) is 5.75. The quantitative estimate of drug-likeness (QED) is 0.811. The van der Waals surface area contributed by atoms with Gasteiger partial charge < -0.3 is 14.2 Å². The van der Waals surface area contributed by atoms with Gasteiger partial charge in [0, 0.05) is 31.7 Å². The molecule has 3 aliphatic heterocycles. The van der Waals surface area contributed by atoms with Gasteiger partial charge in [0.1, 0.15) is 0 Å². The fourth-order valence-electron chi connectivity index (χ4n) is 3.68. The molecule has 0 unspecified atom stereocenters. The zero-order valence-corrected chi connectivity index (χ0v) is 12.3. The van der Waals surface area contributed by atoms with Crippen molar-refractivity contribution < 1.29 is 14.2 Å². The van der Waals surface area contributed by atoms with Crippen molar-refractivity contribution in [1.29, 1.82) is 0 Å². The lowest BCUT2D eigenvalue weighted by Crippen LogP contribution is -2.63. The Morgan fingerprint density at radius 3 is 2.00 bits per heavy atom. The SMILES string of the molecule is c1ccc2c(c1)COC2(N1CCOCC1)N1CCOCC1. The van der Waals surface area contributed by atoms with Gasteiger partial charge in [-0.15, -0.1) is 0 Å². The zero-order chi connectivity index (χ0) is 14.1. The normalized spacial score (nSPS) is 26.7. The summed E-state index contributed by atoms with van der Waals surface area (Å²) in [6.07, 6.45) is 0. The monoisotopic (exact) mass is 290 g/mol. The third kappa shape index (κ3) is 2.20. The molecule has 0 spiro atoms. The van der Waals surface area contributed by atoms with E-state index in [4.69, 9.17) is 14.2 Å². The highest BCUT2D eigenvalue weighted by Gasteiger charge is 2.50. The smallest absolute Gasteiger partial charge is 0.208 e. The highest BCUT2D eigenvalue weighted by molar-refractivity contribution is 5.35. The van der Waals surface area contributed by atoms with Crippen molar-refractivity contribution in [2.45, 2.75) is 12.5 Å². The number of ether oxygens (including phenoxy) is 3. The van der Waals surface area contributed by atoms with Crippen LogP contribution in [0.15, 0.2) is 24.3 Å². The summed E-state index contributed by atoms with van der Waals surface area (Å²) >= 11 is 0. The molecule has 0 bridgehead atoms. The summed E-state index contributed by atoms with van der Waals surface area (Å²) in [5, 5.41) is 0. The fourth-order valence-corrected chi connectivity index (χ4v) is 3.68. The third-order valence-corrected chi connectivity index (χ3v) is 4.68. The molecule has 0 amide bonds. The predicted molar refractivity (Wildman–Crippen MR) is 77.7 cm³/mol. The van der Waals surface area contributed by atoms with Crippen molar-refractivity contribution in [3.05, 3.63) is 35.4 Å². The summed E-state index contributed by atoms with van der Waals surface area (Å²) in [5.41, 5.74) is 2.60. The van der Waals surface area contributed by atoms with E-state index in [1.807, 2.05) is 0 Å². The van der Waals surface area contributed by atoms with Crippen LogP contribution in [0, 0.1) is 0 Å². The number of nitrogens with zero attached hydrogens (tertiary/aromatic N) is 2. The minimum absolute atomic E-state index is 0.426. The van der Waals surface area contributed by atoms with Crippen LogP contribution in [-0.2, 0) is 26.7 Å². The second-order valence-electron chi connectivity index (χ2n) is 5.75. The standard InChI is InChI=1S/C16H22N2O3/c1-2-4-15-14(3-1)13-21-16(15,17-5-9-19-10-6-17)18-7-11-20-12-8-18/h1-4H,5-13H2. The minimum Gasteiger partial charge on any atom is -0.379 e. The van der Waals surface area contributed by atoms with Crippen LogP contribution in [0.2, 0.25) is 0 Å². The number of fused-ring (bicyclic) bond motifs is 1. The minimum atomic E-state index is -0.426. The van der Waals surface area contributed by atoms with Crippen LogP contribution in [0.4, 0.5) is 0 Å². The largest absolute Gasteiger partial charge is 0.379 e. The van der Waals surface area contributed by atoms with Crippen molar-refractivity contribution in [2.75, 3.05) is 52.6 Å². The molecule has 3 heterocycles. The number of hydrogen-bond donors (Lipinski definition) is 0. The molecule has 5 heteroatoms. The van der Waals surface area contributed by atoms with Gasteiger partial charge in [0.05, 0.1) is 33.0 Å². The molecule has 0 saturated carbocycles. The maximum absolute atomic E-state index is 6.43. The van der Waals surface area contributed by atoms with Crippen molar-refractivity contribution in [2.24, 2.45) is 0 Å². The Morgan fingerprint density at radius 2 is 1.38 bits per heavy atom. The van der Waals surface area contributed by atoms with E-state index in [2.05, 4.69) is 34.1 Å². The molecule has 0 aliphatic carbocycles. The van der Waals surface area contributed by atoms with Crippen LogP contribution in [-0.4, -0.2) is 62.4 Å². The maximum Gasteiger partial charge on any atom is 0.208 e. The lowest BCUT2D eigenvalue weighted by molar-refractivity contribution is -0.275. The Kier molecular flexibility index (Phi) is 3.69. The van der Waals surface area contributed by atoms with Gasteiger partial charge in [-0.1, -0.05) is 24.3 Å². The van der Waals surface area contributed by atoms with E-state index >= 15 is 0 Å². The molecule has 3 aliphatic rings. The van der Waals surface area contributed by atoms with Gasteiger partial charge in [0.15, 0.2) is 0 Å². The number of benzene rings is 1. The Hall–Kier alpha value is -0.980. The van der Waals surface area contributed by atoms with Crippen LogP contribution < -0.4 is 0 Å². The van der Waals surface area contributed by atoms with Gasteiger partial charge in [0.2, 0.25) is 5.85 Å². The molecule has 114 valence electrons. The molecule has 0 atom stereocenters. The summed E-state index contributed by atoms with van der Waals surface area (Å²) in [6, 6.07) is 8.60. The molecule has 5 nitrogen and oxygen atoms in total. The molecule has 0 aromatic heterocycles. The first-order chi connectivity index (χ1) is 10.4. The van der Waals surface area contributed by atoms with Crippen LogP contribution in [0.5, 0.6) is 0 Å². The molecule has 21 heavy (non-hydrogen) atoms. The molecule has 0 N–H and O–H groups in total. The van der Waals surface area contributed by atoms with E-state index in [-0.39, 0.29) is 0 Å². The summed E-state index contributed by atoms with van der Waals surface area (Å²) in [6.45, 7) is 7.42.